The van der Waals surface area contributed by atoms with Crippen LogP contribution in [0.2, 0.25) is 0 Å². The fourth-order valence-electron chi connectivity index (χ4n) is 3.10. The van der Waals surface area contributed by atoms with Gasteiger partial charge in [-0.15, -0.1) is 11.3 Å². The second kappa shape index (κ2) is 7.00. The van der Waals surface area contributed by atoms with Gasteiger partial charge in [0.2, 0.25) is 0 Å². The molecular weight excluding hydrogens is 371 g/mol. The topological polar surface area (TPSA) is 73.4 Å². The van der Waals surface area contributed by atoms with E-state index >= 15 is 0 Å². The second-order valence-electron chi connectivity index (χ2n) is 5.68. The molecule has 1 aromatic carbocycles. The number of thiophene rings is 1. The molecule has 1 aliphatic heterocycles. The third-order valence-corrected chi connectivity index (χ3v) is 7.05. The number of nitrogens with zero attached hydrogens (tertiary/aromatic N) is 1. The molecule has 8 heteroatoms. The third kappa shape index (κ3) is 2.81. The molecule has 6 nitrogen and oxygen atoms in total. The molecule has 26 heavy (non-hydrogen) atoms. The SMILES string of the molecule is CCOP(=O)(OCC)c1n[nH]c2c1-c1ccccc1OC2c1cccs1. The van der Waals surface area contributed by atoms with Gasteiger partial charge in [0.25, 0.3) is 0 Å². The Kier molecular flexibility index (Phi) is 4.71. The van der Waals surface area contributed by atoms with E-state index in [0.29, 0.717) is 5.44 Å². The Balaban J connectivity index is 1.93. The number of fused-ring (bicyclic) bond motifs is 3. The lowest BCUT2D eigenvalue weighted by Crippen LogP contribution is -2.19. The lowest BCUT2D eigenvalue weighted by molar-refractivity contribution is 0.229. The van der Waals surface area contributed by atoms with Crippen LogP contribution in [-0.2, 0) is 13.6 Å². The van der Waals surface area contributed by atoms with Crippen molar-refractivity contribution in [3.05, 3.63) is 52.3 Å². The number of benzene rings is 1. The van der Waals surface area contributed by atoms with Crippen LogP contribution >= 0.6 is 18.9 Å². The lowest BCUT2D eigenvalue weighted by Gasteiger charge is -2.26. The van der Waals surface area contributed by atoms with Gasteiger partial charge in [-0.05, 0) is 31.4 Å². The molecule has 0 fully saturated rings. The van der Waals surface area contributed by atoms with Crippen LogP contribution in [0.4, 0.5) is 0 Å². The molecule has 0 saturated carbocycles. The largest absolute Gasteiger partial charge is 0.478 e. The number of H-pyrrole nitrogens is 1. The number of aromatic amines is 1. The highest BCUT2D eigenvalue weighted by molar-refractivity contribution is 7.62. The summed E-state index contributed by atoms with van der Waals surface area (Å²) in [6.45, 7) is 4.11. The van der Waals surface area contributed by atoms with Gasteiger partial charge in [0, 0.05) is 11.1 Å². The van der Waals surface area contributed by atoms with Gasteiger partial charge in [-0.3, -0.25) is 9.66 Å². The van der Waals surface area contributed by atoms with Crippen molar-refractivity contribution in [3.8, 4) is 16.9 Å². The zero-order valence-corrected chi connectivity index (χ0v) is 16.2. The summed E-state index contributed by atoms with van der Waals surface area (Å²) in [7, 11) is -3.54. The first-order valence-electron chi connectivity index (χ1n) is 8.45. The minimum absolute atomic E-state index is 0.269. The summed E-state index contributed by atoms with van der Waals surface area (Å²) in [5, 5.41) is 9.38. The minimum atomic E-state index is -3.54. The zero-order chi connectivity index (χ0) is 18.1. The number of rotatable bonds is 6. The maximum Gasteiger partial charge on any atom is 0.382 e. The molecule has 1 N–H and O–H groups in total. The number of hydrogen-bond acceptors (Lipinski definition) is 6. The third-order valence-electron chi connectivity index (χ3n) is 4.10. The molecule has 0 amide bonds. The van der Waals surface area contributed by atoms with E-state index < -0.39 is 7.60 Å². The molecule has 4 rings (SSSR count). The van der Waals surface area contributed by atoms with E-state index in [9.17, 15) is 4.57 Å². The standard InChI is InChI=1S/C18H19N2O4PS/c1-3-22-25(21,23-4-2)18-15-12-8-5-6-9-13(12)24-17(16(15)19-20-18)14-10-7-11-26-14/h5-11,17H,3-4H2,1-2H3,(H,19,20). The molecule has 2 aromatic heterocycles. The van der Waals surface area contributed by atoms with E-state index in [0.717, 1.165) is 27.4 Å². The number of nitrogens with one attached hydrogen (secondary N) is 1. The summed E-state index contributed by atoms with van der Waals surface area (Å²) in [4.78, 5) is 1.04. The smallest absolute Gasteiger partial charge is 0.382 e. The number of para-hydroxylation sites is 1. The van der Waals surface area contributed by atoms with Crippen LogP contribution in [0.5, 0.6) is 5.75 Å². The van der Waals surface area contributed by atoms with Crippen molar-refractivity contribution in [3.63, 3.8) is 0 Å². The zero-order valence-electron chi connectivity index (χ0n) is 14.5. The first-order valence-corrected chi connectivity index (χ1v) is 10.9. The maximum atomic E-state index is 13.4. The highest BCUT2D eigenvalue weighted by Gasteiger charge is 2.40. The molecule has 1 unspecified atom stereocenters. The van der Waals surface area contributed by atoms with E-state index in [1.165, 1.54) is 0 Å². The Morgan fingerprint density at radius 1 is 1.19 bits per heavy atom. The van der Waals surface area contributed by atoms with E-state index in [-0.39, 0.29) is 19.3 Å². The highest BCUT2D eigenvalue weighted by atomic mass is 32.1. The quantitative estimate of drug-likeness (QED) is 0.627. The molecule has 3 aromatic rings. The van der Waals surface area contributed by atoms with Crippen LogP contribution in [0.1, 0.15) is 30.5 Å². The van der Waals surface area contributed by atoms with Crippen molar-refractivity contribution in [2.24, 2.45) is 0 Å². The summed E-state index contributed by atoms with van der Waals surface area (Å²) in [6.07, 6.45) is -0.335. The molecule has 0 radical (unpaired) electrons. The van der Waals surface area contributed by atoms with Gasteiger partial charge in [-0.1, -0.05) is 24.3 Å². The average molecular weight is 390 g/mol. The Morgan fingerprint density at radius 2 is 1.96 bits per heavy atom. The van der Waals surface area contributed by atoms with Crippen LogP contribution in [0, 0.1) is 0 Å². The molecule has 1 atom stereocenters. The molecule has 1 aliphatic rings. The summed E-state index contributed by atoms with van der Waals surface area (Å²) < 4.78 is 30.7. The Bertz CT molecular complexity index is 944. The van der Waals surface area contributed by atoms with Gasteiger partial charge in [0.05, 0.1) is 23.8 Å². The van der Waals surface area contributed by atoms with Crippen molar-refractivity contribution < 1.29 is 18.3 Å². The Labute approximate surface area is 155 Å². The van der Waals surface area contributed by atoms with Crippen molar-refractivity contribution >= 4 is 24.4 Å². The Hall–Kier alpha value is -1.92. The van der Waals surface area contributed by atoms with Crippen LogP contribution in [-0.4, -0.2) is 23.4 Å². The summed E-state index contributed by atoms with van der Waals surface area (Å²) in [5.41, 5.74) is 2.66. The summed E-state index contributed by atoms with van der Waals surface area (Å²) in [6, 6.07) is 11.7. The Morgan fingerprint density at radius 3 is 2.65 bits per heavy atom. The molecular formula is C18H19N2O4PS. The minimum Gasteiger partial charge on any atom is -0.478 e. The van der Waals surface area contributed by atoms with Gasteiger partial charge in [-0.25, -0.2) is 0 Å². The summed E-state index contributed by atoms with van der Waals surface area (Å²) >= 11 is 1.60. The first kappa shape index (κ1) is 17.5. The predicted octanol–water partition coefficient (Wildman–Crippen LogP) is 4.51. The van der Waals surface area contributed by atoms with Gasteiger partial charge < -0.3 is 13.8 Å². The average Bonchev–Trinajstić information content (AvgIpc) is 3.32. The highest BCUT2D eigenvalue weighted by Crippen LogP contribution is 2.53. The van der Waals surface area contributed by atoms with Crippen molar-refractivity contribution in [1.82, 2.24) is 10.2 Å². The normalized spacial score (nSPS) is 16.0. The number of aromatic nitrogens is 2. The predicted molar refractivity (Wildman–Crippen MR) is 101 cm³/mol. The van der Waals surface area contributed by atoms with Gasteiger partial charge in [-0.2, -0.15) is 5.10 Å². The van der Waals surface area contributed by atoms with E-state index in [4.69, 9.17) is 13.8 Å². The van der Waals surface area contributed by atoms with Gasteiger partial charge >= 0.3 is 7.60 Å². The number of hydrogen-bond donors (Lipinski definition) is 1. The van der Waals surface area contributed by atoms with Gasteiger partial charge in [0.1, 0.15) is 5.75 Å². The van der Waals surface area contributed by atoms with Crippen LogP contribution in [0.3, 0.4) is 0 Å². The van der Waals surface area contributed by atoms with E-state index in [2.05, 4.69) is 10.2 Å². The maximum absolute atomic E-state index is 13.4. The molecule has 0 aliphatic carbocycles. The fourth-order valence-corrected chi connectivity index (χ4v) is 5.55. The first-order chi connectivity index (χ1) is 12.7. The monoisotopic (exact) mass is 390 g/mol. The van der Waals surface area contributed by atoms with Crippen molar-refractivity contribution in [1.29, 1.82) is 0 Å². The van der Waals surface area contributed by atoms with Crippen molar-refractivity contribution in [2.75, 3.05) is 13.2 Å². The van der Waals surface area contributed by atoms with Crippen LogP contribution in [0.15, 0.2) is 41.8 Å². The van der Waals surface area contributed by atoms with Crippen LogP contribution in [0.25, 0.3) is 11.1 Å². The van der Waals surface area contributed by atoms with Gasteiger partial charge in [0.15, 0.2) is 11.5 Å². The van der Waals surface area contributed by atoms with Crippen molar-refractivity contribution in [2.45, 2.75) is 20.0 Å². The molecule has 136 valence electrons. The molecule has 0 bridgehead atoms. The second-order valence-corrected chi connectivity index (χ2v) is 8.59. The van der Waals surface area contributed by atoms with E-state index in [1.807, 2.05) is 41.8 Å². The summed E-state index contributed by atoms with van der Waals surface area (Å²) in [5.74, 6) is 0.723. The van der Waals surface area contributed by atoms with Crippen LogP contribution < -0.4 is 10.2 Å². The molecule has 0 saturated heterocycles. The number of ether oxygens (including phenoxy) is 1. The fraction of sp³-hybridized carbons (Fsp3) is 0.278. The lowest BCUT2D eigenvalue weighted by atomic mass is 9.99. The molecule has 3 heterocycles. The molecule has 0 spiro atoms. The van der Waals surface area contributed by atoms with E-state index in [1.54, 1.807) is 25.2 Å².